The van der Waals surface area contributed by atoms with Crippen molar-refractivity contribution in [2.24, 2.45) is 17.8 Å². The van der Waals surface area contributed by atoms with Crippen molar-refractivity contribution in [3.63, 3.8) is 0 Å². The minimum atomic E-state index is -0.750. The van der Waals surface area contributed by atoms with Gasteiger partial charge in [-0.25, -0.2) is 8.78 Å². The number of unbranched alkanes of at least 4 members (excludes halogenated alkanes) is 7. The molecule has 0 aromatic heterocycles. The predicted molar refractivity (Wildman–Crippen MR) is 142 cm³/mol. The van der Waals surface area contributed by atoms with E-state index in [1.807, 2.05) is 0 Å². The van der Waals surface area contributed by atoms with Crippen molar-refractivity contribution < 1.29 is 8.78 Å². The zero-order valence-corrected chi connectivity index (χ0v) is 21.9. The van der Waals surface area contributed by atoms with Crippen LogP contribution >= 0.6 is 0 Å². The van der Waals surface area contributed by atoms with Crippen LogP contribution in [-0.4, -0.2) is 0 Å². The summed E-state index contributed by atoms with van der Waals surface area (Å²) in [6, 6.07) is 4.32. The van der Waals surface area contributed by atoms with Crippen molar-refractivity contribution in [1.82, 2.24) is 0 Å². The lowest BCUT2D eigenvalue weighted by atomic mass is 9.76. The Balaban J connectivity index is 1.21. The molecule has 1 unspecified atom stereocenters. The standard InChI is InChI=1S/C32H50F2/c1-2-3-4-5-6-7-8-9-10-26-11-13-27(14-12-26)15-16-28-17-19-29(20-18-28)21-22-30-23-24-31(33)32(34)25-30/h19,23-28H,2-18,20-22H2,1H3/t26-,27-,28?. The number of allylic oxidation sites excluding steroid dienone is 2. The van der Waals surface area contributed by atoms with E-state index in [0.29, 0.717) is 0 Å². The Hall–Kier alpha value is -1.18. The van der Waals surface area contributed by atoms with E-state index in [1.165, 1.54) is 133 Å². The summed E-state index contributed by atoms with van der Waals surface area (Å²) < 4.78 is 26.5. The topological polar surface area (TPSA) is 0 Å². The summed E-state index contributed by atoms with van der Waals surface area (Å²) in [6.07, 6.45) is 29.8. The van der Waals surface area contributed by atoms with Crippen LogP contribution in [-0.2, 0) is 6.42 Å². The SMILES string of the molecule is CCCCCCCCCC[C@H]1CC[C@H](CCC2CC=C(CCc3ccc(F)c(F)c3)CC2)CC1. The van der Waals surface area contributed by atoms with Crippen LogP contribution in [0.1, 0.15) is 134 Å². The summed E-state index contributed by atoms with van der Waals surface area (Å²) in [5.74, 6) is 1.39. The number of benzene rings is 1. The number of halogens is 2. The highest BCUT2D eigenvalue weighted by atomic mass is 19.2. The molecule has 0 heterocycles. The summed E-state index contributed by atoms with van der Waals surface area (Å²) in [5.41, 5.74) is 2.42. The zero-order valence-electron chi connectivity index (χ0n) is 21.9. The smallest absolute Gasteiger partial charge is 0.159 e. The molecule has 0 radical (unpaired) electrons. The number of aryl methyl sites for hydroxylation is 1. The molecule has 1 aromatic rings. The monoisotopic (exact) mass is 472 g/mol. The second kappa shape index (κ2) is 15.7. The predicted octanol–water partition coefficient (Wildman–Crippen LogP) is 10.7. The summed E-state index contributed by atoms with van der Waals surface area (Å²) in [6.45, 7) is 2.30. The van der Waals surface area contributed by atoms with Gasteiger partial charge in [0, 0.05) is 0 Å². The molecule has 1 atom stereocenters. The summed E-state index contributed by atoms with van der Waals surface area (Å²) >= 11 is 0. The molecule has 2 aliphatic carbocycles. The molecule has 192 valence electrons. The fourth-order valence-electron chi connectivity index (χ4n) is 6.28. The van der Waals surface area contributed by atoms with Gasteiger partial charge in [0.05, 0.1) is 0 Å². The van der Waals surface area contributed by atoms with E-state index in [-0.39, 0.29) is 0 Å². The molecule has 34 heavy (non-hydrogen) atoms. The van der Waals surface area contributed by atoms with Crippen LogP contribution in [0.2, 0.25) is 0 Å². The third kappa shape index (κ3) is 10.2. The van der Waals surface area contributed by atoms with Crippen LogP contribution in [0, 0.1) is 29.4 Å². The van der Waals surface area contributed by atoms with Crippen LogP contribution in [0.4, 0.5) is 8.78 Å². The van der Waals surface area contributed by atoms with Gasteiger partial charge in [0.25, 0.3) is 0 Å². The van der Waals surface area contributed by atoms with E-state index in [4.69, 9.17) is 0 Å². The molecule has 1 saturated carbocycles. The number of rotatable bonds is 15. The Kier molecular flexibility index (Phi) is 12.7. The maximum absolute atomic E-state index is 13.4. The van der Waals surface area contributed by atoms with Gasteiger partial charge in [-0.1, -0.05) is 115 Å². The van der Waals surface area contributed by atoms with E-state index < -0.39 is 11.6 Å². The van der Waals surface area contributed by atoms with Gasteiger partial charge in [-0.15, -0.1) is 0 Å². The van der Waals surface area contributed by atoms with Crippen molar-refractivity contribution in [1.29, 1.82) is 0 Å². The maximum Gasteiger partial charge on any atom is 0.159 e. The van der Waals surface area contributed by atoms with Gasteiger partial charge in [0.1, 0.15) is 0 Å². The molecule has 1 fully saturated rings. The Morgan fingerprint density at radius 1 is 0.676 bits per heavy atom. The second-order valence-corrected chi connectivity index (χ2v) is 11.5. The van der Waals surface area contributed by atoms with Gasteiger partial charge in [0.15, 0.2) is 11.6 Å². The highest BCUT2D eigenvalue weighted by Gasteiger charge is 2.22. The first kappa shape index (κ1) is 27.4. The molecule has 2 heteroatoms. The Morgan fingerprint density at radius 2 is 1.32 bits per heavy atom. The lowest BCUT2D eigenvalue weighted by molar-refractivity contribution is 0.234. The molecular formula is C32H50F2. The molecule has 0 bridgehead atoms. The van der Waals surface area contributed by atoms with Crippen molar-refractivity contribution in [3.8, 4) is 0 Å². The van der Waals surface area contributed by atoms with E-state index in [1.54, 1.807) is 6.07 Å². The zero-order chi connectivity index (χ0) is 24.0. The number of hydrogen-bond donors (Lipinski definition) is 0. The highest BCUT2D eigenvalue weighted by Crippen LogP contribution is 2.37. The summed E-state index contributed by atoms with van der Waals surface area (Å²) in [5, 5.41) is 0. The van der Waals surface area contributed by atoms with Gasteiger partial charge < -0.3 is 0 Å². The largest absolute Gasteiger partial charge is 0.204 e. The lowest BCUT2D eigenvalue weighted by Gasteiger charge is -2.30. The van der Waals surface area contributed by atoms with Gasteiger partial charge >= 0.3 is 0 Å². The Labute approximate surface area is 209 Å². The van der Waals surface area contributed by atoms with E-state index >= 15 is 0 Å². The van der Waals surface area contributed by atoms with E-state index in [2.05, 4.69) is 13.0 Å². The average molecular weight is 473 g/mol. The Bertz CT molecular complexity index is 714. The lowest BCUT2D eigenvalue weighted by Crippen LogP contribution is -2.16. The van der Waals surface area contributed by atoms with Crippen molar-refractivity contribution in [3.05, 3.63) is 47.0 Å². The second-order valence-electron chi connectivity index (χ2n) is 11.5. The quantitative estimate of drug-likeness (QED) is 0.176. The molecule has 0 saturated heterocycles. The highest BCUT2D eigenvalue weighted by molar-refractivity contribution is 5.19. The van der Waals surface area contributed by atoms with E-state index in [9.17, 15) is 8.78 Å². The average Bonchev–Trinajstić information content (AvgIpc) is 2.86. The molecule has 3 rings (SSSR count). The third-order valence-electron chi connectivity index (χ3n) is 8.75. The molecule has 0 N–H and O–H groups in total. The molecule has 0 aliphatic heterocycles. The van der Waals surface area contributed by atoms with Crippen LogP contribution < -0.4 is 0 Å². The van der Waals surface area contributed by atoms with Crippen molar-refractivity contribution >= 4 is 0 Å². The van der Waals surface area contributed by atoms with Crippen LogP contribution in [0.5, 0.6) is 0 Å². The molecular weight excluding hydrogens is 422 g/mol. The first-order chi connectivity index (χ1) is 16.6. The van der Waals surface area contributed by atoms with Gasteiger partial charge in [-0.3, -0.25) is 0 Å². The minimum absolute atomic E-state index is 0.725. The molecule has 0 amide bonds. The Morgan fingerprint density at radius 3 is 1.97 bits per heavy atom. The van der Waals surface area contributed by atoms with E-state index in [0.717, 1.165) is 36.2 Å². The normalized spacial score (nSPS) is 23.1. The molecule has 0 spiro atoms. The van der Waals surface area contributed by atoms with Gasteiger partial charge in [0.2, 0.25) is 0 Å². The first-order valence-corrected chi connectivity index (χ1v) is 14.8. The fraction of sp³-hybridized carbons (Fsp3) is 0.750. The fourth-order valence-corrected chi connectivity index (χ4v) is 6.28. The maximum atomic E-state index is 13.4. The molecule has 1 aromatic carbocycles. The minimum Gasteiger partial charge on any atom is -0.204 e. The van der Waals surface area contributed by atoms with Crippen LogP contribution in [0.25, 0.3) is 0 Å². The third-order valence-corrected chi connectivity index (χ3v) is 8.75. The summed E-state index contributed by atoms with van der Waals surface area (Å²) in [4.78, 5) is 0. The summed E-state index contributed by atoms with van der Waals surface area (Å²) in [7, 11) is 0. The van der Waals surface area contributed by atoms with Gasteiger partial charge in [-0.2, -0.15) is 0 Å². The van der Waals surface area contributed by atoms with Crippen molar-refractivity contribution in [2.45, 2.75) is 135 Å². The van der Waals surface area contributed by atoms with Gasteiger partial charge in [-0.05, 0) is 74.0 Å². The van der Waals surface area contributed by atoms with Crippen LogP contribution in [0.15, 0.2) is 29.8 Å². The van der Waals surface area contributed by atoms with Crippen molar-refractivity contribution in [2.75, 3.05) is 0 Å². The number of hydrogen-bond acceptors (Lipinski definition) is 0. The first-order valence-electron chi connectivity index (χ1n) is 14.8. The molecule has 0 nitrogen and oxygen atoms in total. The molecule has 2 aliphatic rings. The van der Waals surface area contributed by atoms with Crippen LogP contribution in [0.3, 0.4) is 0 Å².